The van der Waals surface area contributed by atoms with Gasteiger partial charge in [0.2, 0.25) is 0 Å². The van der Waals surface area contributed by atoms with Crippen molar-refractivity contribution in [1.82, 2.24) is 5.32 Å². The Bertz CT molecular complexity index is 406. The second-order valence-corrected chi connectivity index (χ2v) is 5.58. The van der Waals surface area contributed by atoms with Crippen LogP contribution in [0.15, 0.2) is 18.2 Å². The molecule has 0 bridgehead atoms. The van der Waals surface area contributed by atoms with Crippen molar-refractivity contribution in [3.05, 3.63) is 29.3 Å². The molecule has 3 heteroatoms. The van der Waals surface area contributed by atoms with Crippen LogP contribution in [0.25, 0.3) is 0 Å². The third kappa shape index (κ3) is 4.50. The largest absolute Gasteiger partial charge is 0.497 e. The van der Waals surface area contributed by atoms with Crippen molar-refractivity contribution in [2.24, 2.45) is 0 Å². The van der Waals surface area contributed by atoms with E-state index in [0.29, 0.717) is 6.04 Å². The minimum absolute atomic E-state index is 0.622. The van der Waals surface area contributed by atoms with Crippen molar-refractivity contribution in [3.63, 3.8) is 0 Å². The number of ether oxygens (including phenoxy) is 2. The molecule has 112 valence electrons. The van der Waals surface area contributed by atoms with Crippen LogP contribution in [0.4, 0.5) is 0 Å². The third-order valence-corrected chi connectivity index (χ3v) is 4.10. The van der Waals surface area contributed by atoms with E-state index in [1.54, 1.807) is 14.2 Å². The van der Waals surface area contributed by atoms with Crippen LogP contribution in [0.3, 0.4) is 0 Å². The summed E-state index contributed by atoms with van der Waals surface area (Å²) in [7, 11) is 3.51. The number of rotatable bonds is 8. The first kappa shape index (κ1) is 15.3. The molecule has 0 aliphatic heterocycles. The summed E-state index contributed by atoms with van der Waals surface area (Å²) in [6, 6.07) is 7.11. The number of methoxy groups -OCH3 is 2. The molecule has 0 fully saturated rings. The number of hydrogen-bond acceptors (Lipinski definition) is 3. The Hall–Kier alpha value is -1.06. The number of nitrogens with one attached hydrogen (secondary N) is 1. The third-order valence-electron chi connectivity index (χ3n) is 4.10. The predicted octanol–water partition coefficient (Wildman–Crippen LogP) is 2.96. The Morgan fingerprint density at radius 3 is 2.85 bits per heavy atom. The summed E-state index contributed by atoms with van der Waals surface area (Å²) in [4.78, 5) is 0. The van der Waals surface area contributed by atoms with Gasteiger partial charge in [-0.2, -0.15) is 0 Å². The summed E-state index contributed by atoms with van der Waals surface area (Å²) in [6.07, 6.45) is 7.22. The van der Waals surface area contributed by atoms with E-state index in [0.717, 1.165) is 25.3 Å². The van der Waals surface area contributed by atoms with Crippen LogP contribution in [0.2, 0.25) is 0 Å². The summed E-state index contributed by atoms with van der Waals surface area (Å²) in [5, 5.41) is 3.70. The van der Waals surface area contributed by atoms with Crippen LogP contribution < -0.4 is 10.1 Å². The number of aryl methyl sites for hydroxylation is 1. The Labute approximate surface area is 122 Å². The standard InChI is InChI=1S/C17H27NO2/c1-19-11-5-3-4-10-18-16-8-6-14-7-9-17(20-2)13-15(14)12-16/h7,9,13,16,18H,3-6,8,10-12H2,1-2H3. The lowest BCUT2D eigenvalue weighted by Gasteiger charge is -2.26. The molecule has 1 aliphatic carbocycles. The Balaban J connectivity index is 1.73. The average molecular weight is 277 g/mol. The zero-order valence-corrected chi connectivity index (χ0v) is 12.8. The lowest BCUT2D eigenvalue weighted by atomic mass is 9.88. The summed E-state index contributed by atoms with van der Waals surface area (Å²) in [5.41, 5.74) is 2.94. The van der Waals surface area contributed by atoms with E-state index in [-0.39, 0.29) is 0 Å². The van der Waals surface area contributed by atoms with Crippen molar-refractivity contribution < 1.29 is 9.47 Å². The molecule has 1 unspecified atom stereocenters. The SMILES string of the molecule is COCCCCCNC1CCc2ccc(OC)cc2C1. The highest BCUT2D eigenvalue weighted by molar-refractivity contribution is 5.37. The Morgan fingerprint density at radius 2 is 2.05 bits per heavy atom. The van der Waals surface area contributed by atoms with Crippen LogP contribution in [0.1, 0.15) is 36.8 Å². The molecule has 1 aromatic carbocycles. The lowest BCUT2D eigenvalue weighted by molar-refractivity contribution is 0.192. The highest BCUT2D eigenvalue weighted by Gasteiger charge is 2.18. The van der Waals surface area contributed by atoms with Gasteiger partial charge < -0.3 is 14.8 Å². The first-order valence-corrected chi connectivity index (χ1v) is 7.71. The first-order valence-electron chi connectivity index (χ1n) is 7.71. The van der Waals surface area contributed by atoms with Crippen molar-refractivity contribution in [2.75, 3.05) is 27.4 Å². The maximum absolute atomic E-state index is 5.32. The predicted molar refractivity (Wildman–Crippen MR) is 82.5 cm³/mol. The molecule has 3 nitrogen and oxygen atoms in total. The van der Waals surface area contributed by atoms with Crippen molar-refractivity contribution >= 4 is 0 Å². The van der Waals surface area contributed by atoms with E-state index < -0.39 is 0 Å². The van der Waals surface area contributed by atoms with Crippen LogP contribution in [0, 0.1) is 0 Å². The minimum Gasteiger partial charge on any atom is -0.497 e. The maximum atomic E-state index is 5.32. The molecule has 0 heterocycles. The summed E-state index contributed by atoms with van der Waals surface area (Å²) >= 11 is 0. The Kier molecular flexibility index (Phi) is 6.34. The van der Waals surface area contributed by atoms with E-state index in [2.05, 4.69) is 23.5 Å². The average Bonchev–Trinajstić information content (AvgIpc) is 2.50. The van der Waals surface area contributed by atoms with E-state index in [1.165, 1.54) is 43.2 Å². The monoisotopic (exact) mass is 277 g/mol. The summed E-state index contributed by atoms with van der Waals surface area (Å²) < 4.78 is 10.4. The zero-order valence-electron chi connectivity index (χ0n) is 12.8. The molecule has 0 amide bonds. The number of benzene rings is 1. The van der Waals surface area contributed by atoms with Gasteiger partial charge in [0.15, 0.2) is 0 Å². The molecule has 1 aliphatic rings. The van der Waals surface area contributed by atoms with E-state index in [1.807, 2.05) is 0 Å². The summed E-state index contributed by atoms with van der Waals surface area (Å²) in [6.45, 7) is 2.00. The quantitative estimate of drug-likeness (QED) is 0.741. The van der Waals surface area contributed by atoms with Gasteiger partial charge in [-0.1, -0.05) is 6.07 Å². The van der Waals surface area contributed by atoms with Gasteiger partial charge in [0.25, 0.3) is 0 Å². The van der Waals surface area contributed by atoms with Crippen molar-refractivity contribution in [1.29, 1.82) is 0 Å². The van der Waals surface area contributed by atoms with E-state index in [9.17, 15) is 0 Å². The first-order chi connectivity index (χ1) is 9.83. The fourth-order valence-corrected chi connectivity index (χ4v) is 2.89. The second kappa shape index (κ2) is 8.28. The van der Waals surface area contributed by atoms with Crippen molar-refractivity contribution in [3.8, 4) is 5.75 Å². The topological polar surface area (TPSA) is 30.5 Å². The number of unbranched alkanes of at least 4 members (excludes halogenated alkanes) is 2. The second-order valence-electron chi connectivity index (χ2n) is 5.58. The molecule has 0 radical (unpaired) electrons. The molecule has 20 heavy (non-hydrogen) atoms. The maximum Gasteiger partial charge on any atom is 0.119 e. The van der Waals surface area contributed by atoms with E-state index >= 15 is 0 Å². The lowest BCUT2D eigenvalue weighted by Crippen LogP contribution is -2.35. The summed E-state index contributed by atoms with van der Waals surface area (Å²) in [5.74, 6) is 0.976. The van der Waals surface area contributed by atoms with Crippen LogP contribution >= 0.6 is 0 Å². The highest BCUT2D eigenvalue weighted by atomic mass is 16.5. The minimum atomic E-state index is 0.622. The van der Waals surface area contributed by atoms with Gasteiger partial charge >= 0.3 is 0 Å². The zero-order chi connectivity index (χ0) is 14.2. The molecular weight excluding hydrogens is 250 g/mol. The van der Waals surface area contributed by atoms with Gasteiger partial charge in [0.05, 0.1) is 7.11 Å². The van der Waals surface area contributed by atoms with Gasteiger partial charge in [-0.25, -0.2) is 0 Å². The van der Waals surface area contributed by atoms with Crippen LogP contribution in [-0.2, 0) is 17.6 Å². The molecule has 0 saturated heterocycles. The van der Waals surface area contributed by atoms with Crippen LogP contribution in [-0.4, -0.2) is 33.4 Å². The van der Waals surface area contributed by atoms with E-state index in [4.69, 9.17) is 9.47 Å². The van der Waals surface area contributed by atoms with Gasteiger partial charge in [0.1, 0.15) is 5.75 Å². The van der Waals surface area contributed by atoms with Gasteiger partial charge in [-0.05, 0) is 68.3 Å². The molecule has 0 saturated carbocycles. The highest BCUT2D eigenvalue weighted by Crippen LogP contribution is 2.25. The van der Waals surface area contributed by atoms with Gasteiger partial charge in [-0.15, -0.1) is 0 Å². The molecule has 0 aromatic heterocycles. The molecular formula is C17H27NO2. The molecule has 1 N–H and O–H groups in total. The molecule has 1 atom stereocenters. The van der Waals surface area contributed by atoms with Crippen LogP contribution in [0.5, 0.6) is 5.75 Å². The molecule has 1 aromatic rings. The normalized spacial score (nSPS) is 17.8. The molecule has 0 spiro atoms. The fraction of sp³-hybridized carbons (Fsp3) is 0.647. The van der Waals surface area contributed by atoms with Crippen molar-refractivity contribution in [2.45, 2.75) is 44.6 Å². The Morgan fingerprint density at radius 1 is 1.15 bits per heavy atom. The van der Waals surface area contributed by atoms with Gasteiger partial charge in [-0.3, -0.25) is 0 Å². The van der Waals surface area contributed by atoms with Gasteiger partial charge in [0, 0.05) is 19.8 Å². The fourth-order valence-electron chi connectivity index (χ4n) is 2.89. The number of hydrogen-bond donors (Lipinski definition) is 1. The number of fused-ring (bicyclic) bond motifs is 1. The molecule has 2 rings (SSSR count). The smallest absolute Gasteiger partial charge is 0.119 e.